The van der Waals surface area contributed by atoms with Crippen molar-refractivity contribution in [1.29, 1.82) is 0 Å². The van der Waals surface area contributed by atoms with Crippen LogP contribution in [0.1, 0.15) is 11.3 Å². The van der Waals surface area contributed by atoms with Gasteiger partial charge in [-0.15, -0.1) is 13.2 Å². The molecule has 1 heterocycles. The van der Waals surface area contributed by atoms with Crippen molar-refractivity contribution < 1.29 is 36.6 Å². The van der Waals surface area contributed by atoms with Crippen molar-refractivity contribution >= 4 is 5.97 Å². The fourth-order valence-electron chi connectivity index (χ4n) is 1.44. The molecule has 20 heavy (non-hydrogen) atoms. The van der Waals surface area contributed by atoms with E-state index in [-0.39, 0.29) is 23.4 Å². The standard InChI is InChI=1S/C11H11F4NO4/c1-18-8-4-9(20-11(13,14)15)16-7(5-12)6(8)3-10(17)19-2/h4H,3,5H2,1-2H3. The largest absolute Gasteiger partial charge is 0.574 e. The van der Waals surface area contributed by atoms with Crippen molar-refractivity contribution in [2.75, 3.05) is 14.2 Å². The molecule has 0 saturated heterocycles. The van der Waals surface area contributed by atoms with Gasteiger partial charge in [0.2, 0.25) is 5.88 Å². The fourth-order valence-corrected chi connectivity index (χ4v) is 1.44. The van der Waals surface area contributed by atoms with Gasteiger partial charge >= 0.3 is 12.3 Å². The first-order chi connectivity index (χ1) is 9.30. The lowest BCUT2D eigenvalue weighted by molar-refractivity contribution is -0.276. The molecule has 0 spiro atoms. The van der Waals surface area contributed by atoms with Gasteiger partial charge in [-0.05, 0) is 0 Å². The summed E-state index contributed by atoms with van der Waals surface area (Å²) in [7, 11) is 2.29. The maximum absolute atomic E-state index is 12.9. The summed E-state index contributed by atoms with van der Waals surface area (Å²) < 4.78 is 62.0. The second kappa shape index (κ2) is 6.40. The van der Waals surface area contributed by atoms with E-state index in [2.05, 4.69) is 14.5 Å². The number of rotatable bonds is 5. The minimum Gasteiger partial charge on any atom is -0.496 e. The van der Waals surface area contributed by atoms with E-state index < -0.39 is 24.9 Å². The molecule has 0 bridgehead atoms. The summed E-state index contributed by atoms with van der Waals surface area (Å²) in [6.07, 6.45) is -5.34. The lowest BCUT2D eigenvalue weighted by Gasteiger charge is -2.14. The zero-order valence-electron chi connectivity index (χ0n) is 10.6. The van der Waals surface area contributed by atoms with Crippen molar-refractivity contribution in [3.05, 3.63) is 17.3 Å². The Morgan fingerprint density at radius 3 is 2.45 bits per heavy atom. The lowest BCUT2D eigenvalue weighted by atomic mass is 10.1. The zero-order chi connectivity index (χ0) is 15.3. The van der Waals surface area contributed by atoms with Crippen LogP contribution in [0.3, 0.4) is 0 Å². The molecule has 5 nitrogen and oxygen atoms in total. The van der Waals surface area contributed by atoms with Gasteiger partial charge < -0.3 is 14.2 Å². The maximum Gasteiger partial charge on any atom is 0.574 e. The van der Waals surface area contributed by atoms with Gasteiger partial charge in [0.1, 0.15) is 12.4 Å². The Balaban J connectivity index is 3.21. The molecule has 0 amide bonds. The molecule has 0 aliphatic rings. The summed E-state index contributed by atoms with van der Waals surface area (Å²) in [6, 6.07) is 0.824. The monoisotopic (exact) mass is 297 g/mol. The van der Waals surface area contributed by atoms with Crippen LogP contribution in [0.5, 0.6) is 11.6 Å². The summed E-state index contributed by atoms with van der Waals surface area (Å²) >= 11 is 0. The van der Waals surface area contributed by atoms with Gasteiger partial charge in [-0.1, -0.05) is 0 Å². The molecule has 0 unspecified atom stereocenters. The highest BCUT2D eigenvalue weighted by molar-refractivity contribution is 5.74. The molecule has 0 radical (unpaired) electrons. The molecular weight excluding hydrogens is 286 g/mol. The highest BCUT2D eigenvalue weighted by Crippen LogP contribution is 2.30. The number of hydrogen-bond acceptors (Lipinski definition) is 5. The number of hydrogen-bond donors (Lipinski definition) is 0. The number of pyridine rings is 1. The van der Waals surface area contributed by atoms with E-state index in [1.165, 1.54) is 0 Å². The van der Waals surface area contributed by atoms with Crippen LogP contribution in [-0.4, -0.2) is 31.5 Å². The predicted octanol–water partition coefficient (Wildman–Crippen LogP) is 2.17. The molecule has 9 heteroatoms. The molecule has 0 N–H and O–H groups in total. The number of carbonyl (C=O) groups excluding carboxylic acids is 1. The number of esters is 1. The third-order valence-electron chi connectivity index (χ3n) is 2.26. The molecule has 1 aromatic heterocycles. The molecule has 0 aliphatic carbocycles. The van der Waals surface area contributed by atoms with Gasteiger partial charge in [0.15, 0.2) is 0 Å². The maximum atomic E-state index is 12.9. The van der Waals surface area contributed by atoms with E-state index in [0.29, 0.717) is 0 Å². The number of aromatic nitrogens is 1. The highest BCUT2D eigenvalue weighted by Gasteiger charge is 2.32. The minimum atomic E-state index is -4.96. The van der Waals surface area contributed by atoms with E-state index in [1.54, 1.807) is 0 Å². The first kappa shape index (κ1) is 16.0. The smallest absolute Gasteiger partial charge is 0.496 e. The Kier molecular flexibility index (Phi) is 5.12. The van der Waals surface area contributed by atoms with Crippen molar-refractivity contribution in [1.82, 2.24) is 4.98 Å². The van der Waals surface area contributed by atoms with Gasteiger partial charge in [0.25, 0.3) is 0 Å². The predicted molar refractivity (Wildman–Crippen MR) is 58.0 cm³/mol. The average Bonchev–Trinajstić information content (AvgIpc) is 2.37. The number of ether oxygens (including phenoxy) is 3. The van der Waals surface area contributed by atoms with Crippen LogP contribution in [0.25, 0.3) is 0 Å². The molecule has 112 valence electrons. The number of nitrogens with zero attached hydrogens (tertiary/aromatic N) is 1. The van der Waals surface area contributed by atoms with Crippen molar-refractivity contribution in [2.24, 2.45) is 0 Å². The van der Waals surface area contributed by atoms with E-state index in [1.807, 2.05) is 0 Å². The van der Waals surface area contributed by atoms with E-state index in [4.69, 9.17) is 4.74 Å². The van der Waals surface area contributed by atoms with Gasteiger partial charge in [0, 0.05) is 11.6 Å². The van der Waals surface area contributed by atoms with Crippen LogP contribution in [0.4, 0.5) is 17.6 Å². The number of alkyl halides is 4. The molecule has 0 aliphatic heterocycles. The van der Waals surface area contributed by atoms with Crippen LogP contribution in [0.2, 0.25) is 0 Å². The summed E-state index contributed by atoms with van der Waals surface area (Å²) in [4.78, 5) is 14.6. The Morgan fingerprint density at radius 1 is 1.35 bits per heavy atom. The Morgan fingerprint density at radius 2 is 2.00 bits per heavy atom. The second-order valence-electron chi connectivity index (χ2n) is 3.52. The number of halogens is 4. The van der Waals surface area contributed by atoms with Crippen molar-refractivity contribution in [3.8, 4) is 11.6 Å². The lowest BCUT2D eigenvalue weighted by Crippen LogP contribution is -2.19. The zero-order valence-corrected chi connectivity index (χ0v) is 10.6. The molecule has 1 rings (SSSR count). The first-order valence-electron chi connectivity index (χ1n) is 5.26. The topological polar surface area (TPSA) is 57.7 Å². The van der Waals surface area contributed by atoms with Gasteiger partial charge in [-0.25, -0.2) is 9.37 Å². The SMILES string of the molecule is COC(=O)Cc1c(OC)cc(OC(F)(F)F)nc1CF. The van der Waals surface area contributed by atoms with Crippen molar-refractivity contribution in [2.45, 2.75) is 19.5 Å². The summed E-state index contributed by atoms with van der Waals surface area (Å²) in [6.45, 7) is -1.18. The first-order valence-corrected chi connectivity index (χ1v) is 5.26. The van der Waals surface area contributed by atoms with E-state index >= 15 is 0 Å². The Labute approximate surface area is 111 Å². The van der Waals surface area contributed by atoms with Gasteiger partial charge in [-0.3, -0.25) is 4.79 Å². The normalized spacial score (nSPS) is 11.1. The van der Waals surface area contributed by atoms with Crippen LogP contribution in [-0.2, 0) is 22.6 Å². The second-order valence-corrected chi connectivity index (χ2v) is 3.52. The summed E-state index contributed by atoms with van der Waals surface area (Å²) in [5.74, 6) is -1.71. The van der Waals surface area contributed by atoms with Gasteiger partial charge in [0.05, 0.1) is 26.3 Å². The fraction of sp³-hybridized carbons (Fsp3) is 0.455. The Bertz CT molecular complexity index is 465. The highest BCUT2D eigenvalue weighted by atomic mass is 19.4. The number of methoxy groups -OCH3 is 2. The van der Waals surface area contributed by atoms with Crippen LogP contribution in [0.15, 0.2) is 6.07 Å². The van der Waals surface area contributed by atoms with Gasteiger partial charge in [-0.2, -0.15) is 0 Å². The molecular formula is C11H11F4NO4. The van der Waals surface area contributed by atoms with Crippen LogP contribution >= 0.6 is 0 Å². The molecule has 1 aromatic rings. The molecule has 0 aromatic carbocycles. The number of carbonyl (C=O) groups is 1. The molecule has 0 saturated carbocycles. The van der Waals surface area contributed by atoms with Crippen LogP contribution < -0.4 is 9.47 Å². The molecule has 0 fully saturated rings. The average molecular weight is 297 g/mol. The summed E-state index contributed by atoms with van der Waals surface area (Å²) in [5, 5.41) is 0. The van der Waals surface area contributed by atoms with E-state index in [0.717, 1.165) is 20.3 Å². The quantitative estimate of drug-likeness (QED) is 0.616. The molecule has 0 atom stereocenters. The van der Waals surface area contributed by atoms with Crippen molar-refractivity contribution in [3.63, 3.8) is 0 Å². The summed E-state index contributed by atoms with van der Waals surface area (Å²) in [5.41, 5.74) is -0.370. The Hall–Kier alpha value is -2.06. The third kappa shape index (κ3) is 4.25. The minimum absolute atomic E-state index is 0.0105. The third-order valence-corrected chi connectivity index (χ3v) is 2.26. The van der Waals surface area contributed by atoms with E-state index in [9.17, 15) is 22.4 Å². The van der Waals surface area contributed by atoms with Crippen LogP contribution in [0, 0.1) is 0 Å².